The molecule has 0 heterocycles. The first kappa shape index (κ1) is 20.6. The summed E-state index contributed by atoms with van der Waals surface area (Å²) in [6.45, 7) is 6.81. The molecule has 1 nitrogen and oxygen atoms in total. The van der Waals surface area contributed by atoms with Crippen molar-refractivity contribution in [3.8, 4) is 11.1 Å². The molecule has 0 saturated heterocycles. The summed E-state index contributed by atoms with van der Waals surface area (Å²) in [4.78, 5) is 0. The van der Waals surface area contributed by atoms with Crippen LogP contribution in [0.4, 0.5) is 5.69 Å². The van der Waals surface area contributed by atoms with Crippen LogP contribution in [-0.4, -0.2) is 20.0 Å². The van der Waals surface area contributed by atoms with Crippen molar-refractivity contribution in [1.82, 2.24) is 0 Å². The Morgan fingerprint density at radius 3 is 1.95 bits per heavy atom. The van der Waals surface area contributed by atoms with Crippen LogP contribution in [0.1, 0.15) is 0 Å². The Morgan fingerprint density at radius 2 is 1.47 bits per heavy atom. The van der Waals surface area contributed by atoms with Gasteiger partial charge in [0.05, 0.1) is 0 Å². The standard InChI is InChI=1S/C12H9N.C3H9P.CH3.Pd/c13-12-9-5-4-8-11(12)10-6-2-1-3-7-10;1-4(2)3;;/h1-6,8-9,13H;1-3H3;1H3;/q-2;;-1;/p+1. The molecule has 0 unspecified atom stereocenters. The molecule has 3 heteroatoms. The molecule has 0 aliphatic carbocycles. The molecule has 0 atom stereocenters. The second kappa shape index (κ2) is 11.2. The molecule has 0 bridgehead atoms. The maximum atomic E-state index is 7.69. The minimum absolute atomic E-state index is 0. The summed E-state index contributed by atoms with van der Waals surface area (Å²) in [5.41, 5.74) is 10.1. The van der Waals surface area contributed by atoms with Crippen molar-refractivity contribution in [2.75, 3.05) is 20.0 Å². The van der Waals surface area contributed by atoms with Crippen LogP contribution >= 0.6 is 7.92 Å². The summed E-state index contributed by atoms with van der Waals surface area (Å²) < 4.78 is 0. The molecule has 0 amide bonds. The molecule has 2 rings (SSSR count). The molecule has 0 spiro atoms. The molecule has 0 saturated carbocycles. The van der Waals surface area contributed by atoms with Gasteiger partial charge in [-0.1, -0.05) is 24.3 Å². The van der Waals surface area contributed by atoms with Crippen molar-refractivity contribution in [2.45, 2.75) is 0 Å². The maximum absolute atomic E-state index is 7.69. The maximum Gasteiger partial charge on any atom is 0.0461 e. The number of hydrogen-bond acceptors (Lipinski definition) is 0. The van der Waals surface area contributed by atoms with Crippen LogP contribution in [0.3, 0.4) is 0 Å². The fourth-order valence-corrected chi connectivity index (χ4v) is 1.28. The molecule has 0 aromatic heterocycles. The average molecular weight is 366 g/mol. The van der Waals surface area contributed by atoms with Crippen molar-refractivity contribution in [1.29, 1.82) is 0 Å². The van der Waals surface area contributed by atoms with E-state index in [0.29, 0.717) is 5.69 Å². The van der Waals surface area contributed by atoms with Gasteiger partial charge in [-0.25, -0.2) is 0 Å². The fraction of sp³-hybridized carbons (Fsp3) is 0.188. The van der Waals surface area contributed by atoms with Crippen LogP contribution < -0.4 is 0 Å². The smallest absolute Gasteiger partial charge is 0.0461 e. The van der Waals surface area contributed by atoms with Crippen LogP contribution in [-0.2, 0) is 20.4 Å². The molecule has 108 valence electrons. The SMILES string of the molecule is C[PH+](C)C.[CH3-].[NH-]c1ccccc1-c1[c-]cccc1.[Pd]. The second-order valence-electron chi connectivity index (χ2n) is 4.32. The van der Waals surface area contributed by atoms with E-state index < -0.39 is 0 Å². The summed E-state index contributed by atoms with van der Waals surface area (Å²) in [5.74, 6) is 0. The minimum Gasteiger partial charge on any atom is -0.706 e. The van der Waals surface area contributed by atoms with Crippen LogP contribution in [0.5, 0.6) is 0 Å². The zero-order chi connectivity index (χ0) is 12.7. The number of hydrogen-bond donors (Lipinski definition) is 0. The molecule has 0 fully saturated rings. The first-order valence-corrected chi connectivity index (χ1v) is 8.65. The minimum atomic E-state index is 0. The molecular formula is C16H22NPPd-2. The molecule has 0 aliphatic rings. The van der Waals surface area contributed by atoms with E-state index in [-0.39, 0.29) is 35.8 Å². The molecule has 1 N–H and O–H groups in total. The zero-order valence-electron chi connectivity index (χ0n) is 11.9. The third-order valence-corrected chi connectivity index (χ3v) is 1.93. The van der Waals surface area contributed by atoms with Gasteiger partial charge in [0.2, 0.25) is 0 Å². The Hall–Kier alpha value is -0.668. The van der Waals surface area contributed by atoms with E-state index in [4.69, 9.17) is 5.73 Å². The monoisotopic (exact) mass is 365 g/mol. The topological polar surface area (TPSA) is 23.8 Å². The molecule has 0 radical (unpaired) electrons. The third kappa shape index (κ3) is 8.17. The summed E-state index contributed by atoms with van der Waals surface area (Å²) in [5, 5.41) is 0. The van der Waals surface area contributed by atoms with Crippen LogP contribution in [0.25, 0.3) is 16.9 Å². The largest absolute Gasteiger partial charge is 0.706 e. The normalized spacial score (nSPS) is 8.63. The van der Waals surface area contributed by atoms with E-state index in [1.54, 1.807) is 6.07 Å². The molecule has 0 aliphatic heterocycles. The summed E-state index contributed by atoms with van der Waals surface area (Å²) in [7, 11) is 0.120. The number of rotatable bonds is 1. The van der Waals surface area contributed by atoms with Gasteiger partial charge in [0, 0.05) is 40.4 Å². The van der Waals surface area contributed by atoms with Crippen molar-refractivity contribution < 1.29 is 20.4 Å². The van der Waals surface area contributed by atoms with Gasteiger partial charge in [-0.3, -0.25) is 0 Å². The first-order chi connectivity index (χ1) is 8.11. The van der Waals surface area contributed by atoms with Crippen molar-refractivity contribution in [3.63, 3.8) is 0 Å². The van der Waals surface area contributed by atoms with Crippen LogP contribution in [0.2, 0.25) is 0 Å². The van der Waals surface area contributed by atoms with Crippen molar-refractivity contribution in [2.24, 2.45) is 0 Å². The van der Waals surface area contributed by atoms with Gasteiger partial charge in [-0.15, -0.1) is 41.5 Å². The van der Waals surface area contributed by atoms with Crippen molar-refractivity contribution in [3.05, 3.63) is 67.8 Å². The Labute approximate surface area is 133 Å². The summed E-state index contributed by atoms with van der Waals surface area (Å²) in [6, 6.07) is 18.4. The van der Waals surface area contributed by atoms with Gasteiger partial charge in [0.15, 0.2) is 0 Å². The molecular weight excluding hydrogens is 344 g/mol. The van der Waals surface area contributed by atoms with Gasteiger partial charge in [-0.2, -0.15) is 5.69 Å². The van der Waals surface area contributed by atoms with Gasteiger partial charge >= 0.3 is 0 Å². The average Bonchev–Trinajstić information content (AvgIpc) is 2.30. The Balaban J connectivity index is 0. The van der Waals surface area contributed by atoms with Crippen LogP contribution in [0, 0.1) is 13.5 Å². The Bertz CT molecular complexity index is 441. The van der Waals surface area contributed by atoms with Crippen LogP contribution in [0.15, 0.2) is 48.5 Å². The van der Waals surface area contributed by atoms with Gasteiger partial charge < -0.3 is 13.2 Å². The fourth-order valence-electron chi connectivity index (χ4n) is 1.28. The van der Waals surface area contributed by atoms with E-state index in [1.165, 1.54) is 0 Å². The van der Waals surface area contributed by atoms with Gasteiger partial charge in [0.1, 0.15) is 0 Å². The quantitative estimate of drug-likeness (QED) is 0.368. The number of nitrogens with one attached hydrogen (secondary N) is 1. The van der Waals surface area contributed by atoms with Gasteiger partial charge in [0.25, 0.3) is 0 Å². The molecule has 2 aromatic carbocycles. The number of benzene rings is 2. The van der Waals surface area contributed by atoms with Gasteiger partial charge in [-0.05, 0) is 7.92 Å². The second-order valence-corrected chi connectivity index (χ2v) is 7.32. The van der Waals surface area contributed by atoms with E-state index in [9.17, 15) is 0 Å². The summed E-state index contributed by atoms with van der Waals surface area (Å²) >= 11 is 0. The van der Waals surface area contributed by atoms with Crippen molar-refractivity contribution >= 4 is 13.6 Å². The van der Waals surface area contributed by atoms with E-state index in [2.05, 4.69) is 26.1 Å². The molecule has 2 aromatic rings. The van der Waals surface area contributed by atoms with E-state index in [0.717, 1.165) is 11.1 Å². The third-order valence-electron chi connectivity index (χ3n) is 1.93. The zero-order valence-corrected chi connectivity index (χ0v) is 14.5. The van der Waals surface area contributed by atoms with E-state index in [1.807, 2.05) is 42.5 Å². The molecule has 19 heavy (non-hydrogen) atoms. The van der Waals surface area contributed by atoms with E-state index >= 15 is 0 Å². The summed E-state index contributed by atoms with van der Waals surface area (Å²) in [6.07, 6.45) is 0. The Morgan fingerprint density at radius 1 is 0.947 bits per heavy atom. The predicted molar refractivity (Wildman–Crippen MR) is 87.2 cm³/mol. The first-order valence-electron chi connectivity index (χ1n) is 5.65. The Kier molecular flexibility index (Phi) is 12.2. The predicted octanol–water partition coefficient (Wildman–Crippen LogP) is 5.38.